The Hall–Kier alpha value is -1.30. The number of hydrogen-bond acceptors (Lipinski definition) is 4. The molecule has 1 aromatic heterocycles. The first-order valence-electron chi connectivity index (χ1n) is 5.72. The molecule has 6 heteroatoms. The van der Waals surface area contributed by atoms with Crippen LogP contribution in [-0.2, 0) is 22.1 Å². The summed E-state index contributed by atoms with van der Waals surface area (Å²) >= 11 is 5.91. The SMILES string of the molecule is CNCc1ccc(CS(=O)(=O)c2ccccc2Cl)o1. The molecule has 0 aliphatic heterocycles. The van der Waals surface area contributed by atoms with E-state index in [9.17, 15) is 8.42 Å². The number of rotatable bonds is 5. The smallest absolute Gasteiger partial charge is 0.187 e. The van der Waals surface area contributed by atoms with E-state index in [-0.39, 0.29) is 15.7 Å². The van der Waals surface area contributed by atoms with Gasteiger partial charge in [-0.25, -0.2) is 8.42 Å². The summed E-state index contributed by atoms with van der Waals surface area (Å²) in [6.45, 7) is 0.562. The van der Waals surface area contributed by atoms with Crippen molar-refractivity contribution in [2.45, 2.75) is 17.2 Å². The maximum atomic E-state index is 12.2. The highest BCUT2D eigenvalue weighted by molar-refractivity contribution is 7.90. The summed E-state index contributed by atoms with van der Waals surface area (Å²) in [6.07, 6.45) is 0. The molecule has 102 valence electrons. The molecule has 4 nitrogen and oxygen atoms in total. The summed E-state index contributed by atoms with van der Waals surface area (Å²) in [5, 5.41) is 3.16. The first-order chi connectivity index (χ1) is 9.03. The number of nitrogens with one attached hydrogen (secondary N) is 1. The summed E-state index contributed by atoms with van der Waals surface area (Å²) in [7, 11) is -1.70. The Kier molecular flexibility index (Phi) is 4.29. The minimum atomic E-state index is -3.49. The highest BCUT2D eigenvalue weighted by atomic mass is 35.5. The lowest BCUT2D eigenvalue weighted by Gasteiger charge is -2.04. The lowest BCUT2D eigenvalue weighted by molar-refractivity contribution is 0.465. The molecular formula is C13H14ClNO3S. The van der Waals surface area contributed by atoms with Crippen LogP contribution < -0.4 is 5.32 Å². The average Bonchev–Trinajstić information content (AvgIpc) is 2.76. The molecule has 1 N–H and O–H groups in total. The Morgan fingerprint density at radius 3 is 2.53 bits per heavy atom. The van der Waals surface area contributed by atoms with Crippen molar-refractivity contribution in [2.75, 3.05) is 7.05 Å². The molecule has 0 unspecified atom stereocenters. The summed E-state index contributed by atoms with van der Waals surface area (Å²) in [5.41, 5.74) is 0. The van der Waals surface area contributed by atoms with Gasteiger partial charge in [0.05, 0.1) is 16.5 Å². The van der Waals surface area contributed by atoms with Crippen LogP contribution in [0.25, 0.3) is 0 Å². The largest absolute Gasteiger partial charge is 0.464 e. The zero-order valence-corrected chi connectivity index (χ0v) is 12.0. The maximum absolute atomic E-state index is 12.2. The van der Waals surface area contributed by atoms with E-state index in [1.807, 2.05) is 0 Å². The minimum Gasteiger partial charge on any atom is -0.464 e. The highest BCUT2D eigenvalue weighted by Gasteiger charge is 2.20. The summed E-state index contributed by atoms with van der Waals surface area (Å²) in [5.74, 6) is 0.914. The molecule has 19 heavy (non-hydrogen) atoms. The Morgan fingerprint density at radius 2 is 1.84 bits per heavy atom. The normalized spacial score (nSPS) is 11.7. The van der Waals surface area contributed by atoms with Crippen molar-refractivity contribution in [3.8, 4) is 0 Å². The Balaban J connectivity index is 2.24. The molecule has 0 saturated carbocycles. The van der Waals surface area contributed by atoms with Crippen LogP contribution in [0.15, 0.2) is 45.7 Å². The van der Waals surface area contributed by atoms with Gasteiger partial charge in [0.25, 0.3) is 0 Å². The molecular weight excluding hydrogens is 286 g/mol. The molecule has 0 aliphatic carbocycles. The van der Waals surface area contributed by atoms with E-state index >= 15 is 0 Å². The van der Waals surface area contributed by atoms with Crippen molar-refractivity contribution >= 4 is 21.4 Å². The zero-order chi connectivity index (χ0) is 13.9. The van der Waals surface area contributed by atoms with E-state index in [1.54, 1.807) is 37.4 Å². The fraction of sp³-hybridized carbons (Fsp3) is 0.231. The van der Waals surface area contributed by atoms with Crippen LogP contribution in [0.4, 0.5) is 0 Å². The van der Waals surface area contributed by atoms with Crippen LogP contribution in [0, 0.1) is 0 Å². The molecule has 0 bridgehead atoms. The molecule has 1 heterocycles. The first-order valence-corrected chi connectivity index (χ1v) is 7.75. The van der Waals surface area contributed by atoms with E-state index in [1.165, 1.54) is 6.07 Å². The van der Waals surface area contributed by atoms with E-state index in [2.05, 4.69) is 5.32 Å². The van der Waals surface area contributed by atoms with Gasteiger partial charge in [0.2, 0.25) is 0 Å². The maximum Gasteiger partial charge on any atom is 0.187 e. The van der Waals surface area contributed by atoms with Crippen molar-refractivity contribution in [1.29, 1.82) is 0 Å². The molecule has 0 spiro atoms. The van der Waals surface area contributed by atoms with Gasteiger partial charge in [-0.3, -0.25) is 0 Å². The van der Waals surface area contributed by atoms with Gasteiger partial charge in [-0.15, -0.1) is 0 Å². The molecule has 2 rings (SSSR count). The second kappa shape index (κ2) is 5.77. The lowest BCUT2D eigenvalue weighted by Crippen LogP contribution is -2.05. The van der Waals surface area contributed by atoms with Crippen LogP contribution >= 0.6 is 11.6 Å². The lowest BCUT2D eigenvalue weighted by atomic mass is 10.4. The summed E-state index contributed by atoms with van der Waals surface area (Å²) in [6, 6.07) is 9.82. The van der Waals surface area contributed by atoms with E-state index in [0.29, 0.717) is 18.1 Å². The van der Waals surface area contributed by atoms with Gasteiger partial charge in [-0.05, 0) is 31.3 Å². The van der Waals surface area contributed by atoms with Crippen molar-refractivity contribution in [1.82, 2.24) is 5.32 Å². The fourth-order valence-corrected chi connectivity index (χ4v) is 3.56. The quantitative estimate of drug-likeness (QED) is 0.922. The predicted molar refractivity (Wildman–Crippen MR) is 73.8 cm³/mol. The van der Waals surface area contributed by atoms with Crippen LogP contribution in [0.2, 0.25) is 5.02 Å². The third-order valence-corrected chi connectivity index (χ3v) is 4.70. The van der Waals surface area contributed by atoms with Crippen LogP contribution in [-0.4, -0.2) is 15.5 Å². The van der Waals surface area contributed by atoms with Crippen LogP contribution in [0.5, 0.6) is 0 Å². The van der Waals surface area contributed by atoms with E-state index in [0.717, 1.165) is 0 Å². The first kappa shape index (κ1) is 14.1. The van der Waals surface area contributed by atoms with Gasteiger partial charge in [-0.1, -0.05) is 23.7 Å². The van der Waals surface area contributed by atoms with Gasteiger partial charge in [0, 0.05) is 0 Å². The van der Waals surface area contributed by atoms with Crippen molar-refractivity contribution in [3.63, 3.8) is 0 Å². The Labute approximate surface area is 117 Å². The van der Waals surface area contributed by atoms with Gasteiger partial charge in [-0.2, -0.15) is 0 Å². The Bertz CT molecular complexity index is 664. The molecule has 0 amide bonds. The molecule has 0 radical (unpaired) electrons. The molecule has 1 aromatic carbocycles. The minimum absolute atomic E-state index is 0.128. The van der Waals surface area contributed by atoms with Gasteiger partial charge in [0.1, 0.15) is 17.3 Å². The average molecular weight is 300 g/mol. The fourth-order valence-electron chi connectivity index (χ4n) is 1.73. The Morgan fingerprint density at radius 1 is 1.16 bits per heavy atom. The van der Waals surface area contributed by atoms with Gasteiger partial charge < -0.3 is 9.73 Å². The second-order valence-corrected chi connectivity index (χ2v) is 6.45. The van der Waals surface area contributed by atoms with Crippen molar-refractivity contribution in [3.05, 3.63) is 52.9 Å². The number of halogens is 1. The predicted octanol–water partition coefficient (Wildman–Crippen LogP) is 2.63. The molecule has 0 fully saturated rings. The number of sulfone groups is 1. The van der Waals surface area contributed by atoms with E-state index < -0.39 is 9.84 Å². The summed E-state index contributed by atoms with van der Waals surface area (Å²) in [4.78, 5) is 0.128. The number of hydrogen-bond donors (Lipinski definition) is 1. The second-order valence-electron chi connectivity index (χ2n) is 4.09. The summed E-state index contributed by atoms with van der Waals surface area (Å²) < 4.78 is 29.9. The molecule has 0 atom stereocenters. The standard InChI is InChI=1S/C13H14ClNO3S/c1-15-8-10-6-7-11(18-10)9-19(16,17)13-5-3-2-4-12(13)14/h2-7,15H,8-9H2,1H3. The molecule has 0 saturated heterocycles. The zero-order valence-electron chi connectivity index (χ0n) is 10.4. The van der Waals surface area contributed by atoms with Gasteiger partial charge in [0.15, 0.2) is 9.84 Å². The van der Waals surface area contributed by atoms with Crippen molar-refractivity contribution < 1.29 is 12.8 Å². The number of benzene rings is 1. The van der Waals surface area contributed by atoms with Crippen LogP contribution in [0.3, 0.4) is 0 Å². The van der Waals surface area contributed by atoms with Crippen LogP contribution in [0.1, 0.15) is 11.5 Å². The highest BCUT2D eigenvalue weighted by Crippen LogP contribution is 2.24. The topological polar surface area (TPSA) is 59.3 Å². The monoisotopic (exact) mass is 299 g/mol. The third kappa shape index (κ3) is 3.37. The molecule has 2 aromatic rings. The van der Waals surface area contributed by atoms with Gasteiger partial charge >= 0.3 is 0 Å². The van der Waals surface area contributed by atoms with E-state index in [4.69, 9.17) is 16.0 Å². The third-order valence-electron chi connectivity index (χ3n) is 2.57. The molecule has 0 aliphatic rings. The van der Waals surface area contributed by atoms with Crippen molar-refractivity contribution in [2.24, 2.45) is 0 Å². The number of furan rings is 1.